The molecule has 1 aromatic carbocycles. The lowest BCUT2D eigenvalue weighted by molar-refractivity contribution is -0.0441. The Labute approximate surface area is 131 Å². The molecule has 0 bridgehead atoms. The molecule has 0 unspecified atom stereocenters. The number of aromatic carboxylic acids is 1. The summed E-state index contributed by atoms with van der Waals surface area (Å²) in [5, 5.41) is 9.02. The molecule has 1 aromatic rings. The molecule has 2 atom stereocenters. The van der Waals surface area contributed by atoms with Crippen LogP contribution in [0.4, 0.5) is 0 Å². The number of hydrogen-bond acceptors (Lipinski definition) is 4. The first kappa shape index (κ1) is 16.4. The average molecular weight is 378 g/mol. The number of carboxylic acids is 1. The number of morpholine rings is 1. The van der Waals surface area contributed by atoms with Gasteiger partial charge in [0.05, 0.1) is 22.7 Å². The Kier molecular flexibility index (Phi) is 4.72. The lowest BCUT2D eigenvalue weighted by Crippen LogP contribution is -2.48. The number of rotatable bonds is 3. The fourth-order valence-electron chi connectivity index (χ4n) is 2.30. The fourth-order valence-corrected chi connectivity index (χ4v) is 4.84. The molecular formula is C13H16BrNO5S. The molecule has 0 spiro atoms. The summed E-state index contributed by atoms with van der Waals surface area (Å²) in [5.41, 5.74) is -0.0638. The van der Waals surface area contributed by atoms with Crippen LogP contribution >= 0.6 is 15.9 Å². The highest BCUT2D eigenvalue weighted by Crippen LogP contribution is 2.28. The molecule has 1 heterocycles. The summed E-state index contributed by atoms with van der Waals surface area (Å²) < 4.78 is 32.6. The van der Waals surface area contributed by atoms with E-state index in [0.29, 0.717) is 4.47 Å². The Morgan fingerprint density at radius 2 is 1.90 bits per heavy atom. The number of sulfonamides is 1. The third-order valence-electron chi connectivity index (χ3n) is 3.18. The second kappa shape index (κ2) is 6.04. The third kappa shape index (κ3) is 3.45. The molecule has 8 heteroatoms. The predicted molar refractivity (Wildman–Crippen MR) is 79.9 cm³/mol. The van der Waals surface area contributed by atoms with Gasteiger partial charge >= 0.3 is 5.97 Å². The van der Waals surface area contributed by atoms with Crippen molar-refractivity contribution in [3.8, 4) is 0 Å². The fraction of sp³-hybridized carbons (Fsp3) is 0.462. The topological polar surface area (TPSA) is 83.9 Å². The monoisotopic (exact) mass is 377 g/mol. The number of benzene rings is 1. The van der Waals surface area contributed by atoms with Crippen LogP contribution in [0.25, 0.3) is 0 Å². The Balaban J connectivity index is 2.44. The quantitative estimate of drug-likeness (QED) is 0.869. The van der Waals surface area contributed by atoms with Gasteiger partial charge in [0.25, 0.3) is 0 Å². The Bertz CT molecular complexity index is 651. The van der Waals surface area contributed by atoms with Gasteiger partial charge in [0.2, 0.25) is 10.0 Å². The van der Waals surface area contributed by atoms with Gasteiger partial charge in [0, 0.05) is 17.6 Å². The maximum atomic E-state index is 12.7. The zero-order valence-corrected chi connectivity index (χ0v) is 14.0. The minimum absolute atomic E-state index is 0.0382. The van der Waals surface area contributed by atoms with Crippen molar-refractivity contribution in [3.63, 3.8) is 0 Å². The molecule has 116 valence electrons. The van der Waals surface area contributed by atoms with Crippen LogP contribution in [-0.4, -0.2) is 49.1 Å². The molecule has 0 aromatic heterocycles. The van der Waals surface area contributed by atoms with Gasteiger partial charge in [-0.25, -0.2) is 13.2 Å². The van der Waals surface area contributed by atoms with E-state index in [1.165, 1.54) is 22.5 Å². The average Bonchev–Trinajstić information content (AvgIpc) is 2.37. The van der Waals surface area contributed by atoms with E-state index in [1.807, 2.05) is 0 Å². The van der Waals surface area contributed by atoms with Crippen LogP contribution in [-0.2, 0) is 14.8 Å². The highest BCUT2D eigenvalue weighted by molar-refractivity contribution is 9.10. The normalized spacial score (nSPS) is 24.0. The van der Waals surface area contributed by atoms with Gasteiger partial charge in [-0.3, -0.25) is 0 Å². The van der Waals surface area contributed by atoms with Gasteiger partial charge in [-0.15, -0.1) is 0 Å². The summed E-state index contributed by atoms with van der Waals surface area (Å²) >= 11 is 3.18. The first-order chi connectivity index (χ1) is 9.71. The van der Waals surface area contributed by atoms with Gasteiger partial charge in [-0.1, -0.05) is 0 Å². The van der Waals surface area contributed by atoms with E-state index >= 15 is 0 Å². The molecule has 2 rings (SSSR count). The molecule has 0 radical (unpaired) electrons. The standard InChI is InChI=1S/C13H16BrNO5S/c1-8-6-15(7-9(2)20-8)21(18,19)12-5-10(13(16)17)3-4-11(12)14/h3-5,8-9H,6-7H2,1-2H3,(H,16,17)/t8-,9+. The first-order valence-electron chi connectivity index (χ1n) is 6.40. The van der Waals surface area contributed by atoms with Crippen LogP contribution in [0.3, 0.4) is 0 Å². The highest BCUT2D eigenvalue weighted by Gasteiger charge is 2.33. The molecule has 21 heavy (non-hydrogen) atoms. The summed E-state index contributed by atoms with van der Waals surface area (Å²) in [4.78, 5) is 11.0. The van der Waals surface area contributed by atoms with Crippen molar-refractivity contribution in [2.24, 2.45) is 0 Å². The van der Waals surface area contributed by atoms with Crippen molar-refractivity contribution in [2.45, 2.75) is 31.0 Å². The zero-order chi connectivity index (χ0) is 15.8. The summed E-state index contributed by atoms with van der Waals surface area (Å²) in [6, 6.07) is 3.96. The predicted octanol–water partition coefficient (Wildman–Crippen LogP) is 1.95. The number of hydrogen-bond donors (Lipinski definition) is 1. The molecule has 1 fully saturated rings. The SMILES string of the molecule is C[C@@H]1CN(S(=O)(=O)c2cc(C(=O)O)ccc2Br)C[C@H](C)O1. The number of carboxylic acid groups (broad SMARTS) is 1. The second-order valence-electron chi connectivity index (χ2n) is 5.03. The number of halogens is 1. The van der Waals surface area contributed by atoms with Crippen LogP contribution in [0.2, 0.25) is 0 Å². The van der Waals surface area contributed by atoms with E-state index < -0.39 is 16.0 Å². The Morgan fingerprint density at radius 1 is 1.33 bits per heavy atom. The lowest BCUT2D eigenvalue weighted by Gasteiger charge is -2.34. The number of carbonyl (C=O) groups is 1. The molecule has 1 aliphatic rings. The first-order valence-corrected chi connectivity index (χ1v) is 8.63. The molecule has 1 saturated heterocycles. The Morgan fingerprint density at radius 3 is 2.43 bits per heavy atom. The van der Waals surface area contributed by atoms with Gasteiger partial charge in [0.1, 0.15) is 0 Å². The van der Waals surface area contributed by atoms with Crippen molar-refractivity contribution in [1.29, 1.82) is 0 Å². The van der Waals surface area contributed by atoms with Crippen LogP contribution in [0, 0.1) is 0 Å². The minimum Gasteiger partial charge on any atom is -0.478 e. The zero-order valence-electron chi connectivity index (χ0n) is 11.6. The summed E-state index contributed by atoms with van der Waals surface area (Å²) in [6.07, 6.45) is -0.407. The van der Waals surface area contributed by atoms with Crippen LogP contribution < -0.4 is 0 Å². The molecule has 0 aliphatic carbocycles. The lowest BCUT2D eigenvalue weighted by atomic mass is 10.2. The van der Waals surface area contributed by atoms with E-state index in [-0.39, 0.29) is 35.8 Å². The highest BCUT2D eigenvalue weighted by atomic mass is 79.9. The van der Waals surface area contributed by atoms with Crippen LogP contribution in [0.1, 0.15) is 24.2 Å². The molecular weight excluding hydrogens is 362 g/mol. The smallest absolute Gasteiger partial charge is 0.335 e. The van der Waals surface area contributed by atoms with Crippen molar-refractivity contribution < 1.29 is 23.1 Å². The summed E-state index contributed by atoms with van der Waals surface area (Å²) in [5.74, 6) is -1.16. The Hall–Kier alpha value is -0.960. The maximum absolute atomic E-state index is 12.7. The second-order valence-corrected chi connectivity index (χ2v) is 7.79. The van der Waals surface area contributed by atoms with E-state index in [2.05, 4.69) is 15.9 Å². The van der Waals surface area contributed by atoms with Crippen LogP contribution in [0.15, 0.2) is 27.6 Å². The van der Waals surface area contributed by atoms with Gasteiger partial charge in [0.15, 0.2) is 0 Å². The van der Waals surface area contributed by atoms with Crippen molar-refractivity contribution in [3.05, 3.63) is 28.2 Å². The summed E-state index contributed by atoms with van der Waals surface area (Å²) in [6.45, 7) is 4.11. The van der Waals surface area contributed by atoms with E-state index in [9.17, 15) is 13.2 Å². The molecule has 0 saturated carbocycles. The van der Waals surface area contributed by atoms with E-state index in [0.717, 1.165) is 0 Å². The van der Waals surface area contributed by atoms with Crippen molar-refractivity contribution in [2.75, 3.05) is 13.1 Å². The number of nitrogens with zero attached hydrogens (tertiary/aromatic N) is 1. The van der Waals surface area contributed by atoms with Gasteiger partial charge in [-0.2, -0.15) is 4.31 Å². The third-order valence-corrected chi connectivity index (χ3v) is 6.01. The van der Waals surface area contributed by atoms with Crippen molar-refractivity contribution >= 4 is 31.9 Å². The summed E-state index contributed by atoms with van der Waals surface area (Å²) in [7, 11) is -3.77. The molecule has 0 amide bonds. The number of ether oxygens (including phenoxy) is 1. The molecule has 1 aliphatic heterocycles. The van der Waals surface area contributed by atoms with Crippen LogP contribution in [0.5, 0.6) is 0 Å². The molecule has 6 nitrogen and oxygen atoms in total. The van der Waals surface area contributed by atoms with E-state index in [1.54, 1.807) is 13.8 Å². The molecule has 1 N–H and O–H groups in total. The van der Waals surface area contributed by atoms with Gasteiger partial charge < -0.3 is 9.84 Å². The van der Waals surface area contributed by atoms with Gasteiger partial charge in [-0.05, 0) is 48.0 Å². The van der Waals surface area contributed by atoms with E-state index in [4.69, 9.17) is 9.84 Å². The minimum atomic E-state index is -3.77. The largest absolute Gasteiger partial charge is 0.478 e. The maximum Gasteiger partial charge on any atom is 0.335 e. The van der Waals surface area contributed by atoms with Crippen molar-refractivity contribution in [1.82, 2.24) is 4.31 Å².